The highest BCUT2D eigenvalue weighted by Crippen LogP contribution is 2.15. The summed E-state index contributed by atoms with van der Waals surface area (Å²) >= 11 is 5.53. The second-order valence-corrected chi connectivity index (χ2v) is 2.58. The average Bonchev–Trinajstić information content (AvgIpc) is 2.36. The number of nitrogens with zero attached hydrogens (tertiary/aromatic N) is 2. The maximum atomic E-state index is 12.7. The van der Waals surface area contributed by atoms with Crippen molar-refractivity contribution in [2.75, 3.05) is 0 Å². The minimum Gasteiger partial charge on any atom is -0.238 e. The van der Waals surface area contributed by atoms with E-state index in [4.69, 9.17) is 11.6 Å². The largest absolute Gasteiger partial charge is 0.238 e. The van der Waals surface area contributed by atoms with Crippen LogP contribution in [-0.4, -0.2) is 9.61 Å². The quantitative estimate of drug-likeness (QED) is 0.592. The third-order valence-corrected chi connectivity index (χ3v) is 1.73. The first-order valence-electron chi connectivity index (χ1n) is 3.06. The third-order valence-electron chi connectivity index (χ3n) is 1.44. The van der Waals surface area contributed by atoms with Crippen molar-refractivity contribution in [1.29, 1.82) is 0 Å². The Hall–Kier alpha value is -1.09. The summed E-state index contributed by atoms with van der Waals surface area (Å²) in [5.74, 6) is -0.456. The molecular weight excluding hydrogens is 167 g/mol. The van der Waals surface area contributed by atoms with Crippen molar-refractivity contribution in [1.82, 2.24) is 9.61 Å². The molecule has 0 fully saturated rings. The summed E-state index contributed by atoms with van der Waals surface area (Å²) in [6.07, 6.45) is 2.84. The van der Waals surface area contributed by atoms with Crippen LogP contribution in [0.4, 0.5) is 4.39 Å². The fraction of sp³-hybridized carbons (Fsp3) is 0. The predicted molar refractivity (Wildman–Crippen MR) is 40.2 cm³/mol. The van der Waals surface area contributed by atoms with Crippen molar-refractivity contribution >= 4 is 17.1 Å². The van der Waals surface area contributed by atoms with Gasteiger partial charge in [0.05, 0.1) is 16.7 Å². The Morgan fingerprint density at radius 3 is 3.18 bits per heavy atom. The molecule has 0 aliphatic rings. The highest BCUT2D eigenvalue weighted by molar-refractivity contribution is 6.31. The van der Waals surface area contributed by atoms with Crippen molar-refractivity contribution in [3.63, 3.8) is 0 Å². The first-order valence-corrected chi connectivity index (χ1v) is 3.43. The number of aromatic nitrogens is 2. The molecule has 0 amide bonds. The number of hydrogen-bond acceptors (Lipinski definition) is 1. The molecule has 2 aromatic rings. The van der Waals surface area contributed by atoms with Crippen LogP contribution in [0.5, 0.6) is 0 Å². The van der Waals surface area contributed by atoms with Crippen LogP contribution in [0, 0.1) is 5.82 Å². The smallest absolute Gasteiger partial charge is 0.160 e. The van der Waals surface area contributed by atoms with Gasteiger partial charge in [0.2, 0.25) is 0 Å². The van der Waals surface area contributed by atoms with Crippen LogP contribution in [0.1, 0.15) is 0 Å². The van der Waals surface area contributed by atoms with Gasteiger partial charge in [-0.2, -0.15) is 5.10 Å². The molecule has 56 valence electrons. The van der Waals surface area contributed by atoms with E-state index in [0.717, 1.165) is 5.52 Å². The van der Waals surface area contributed by atoms with Crippen LogP contribution in [0.3, 0.4) is 0 Å². The SMILES string of the molecule is Fc1cn2nccc2cc1Cl. The molecule has 11 heavy (non-hydrogen) atoms. The number of fused-ring (bicyclic) bond motifs is 1. The molecule has 0 saturated heterocycles. The standard InChI is InChI=1S/C7H4ClFN2/c8-6-3-5-1-2-10-11(5)4-7(6)9/h1-4H. The predicted octanol–water partition coefficient (Wildman–Crippen LogP) is 2.13. The highest BCUT2D eigenvalue weighted by atomic mass is 35.5. The van der Waals surface area contributed by atoms with Crippen molar-refractivity contribution in [3.05, 3.63) is 35.4 Å². The van der Waals surface area contributed by atoms with Crippen LogP contribution in [0.2, 0.25) is 5.02 Å². The van der Waals surface area contributed by atoms with Crippen LogP contribution >= 0.6 is 11.6 Å². The first kappa shape index (κ1) is 6.61. The molecule has 0 saturated carbocycles. The zero-order valence-corrected chi connectivity index (χ0v) is 6.22. The Morgan fingerprint density at radius 1 is 1.55 bits per heavy atom. The number of hydrogen-bond donors (Lipinski definition) is 0. The summed E-state index contributed by atoms with van der Waals surface area (Å²) in [5, 5.41) is 3.96. The topological polar surface area (TPSA) is 17.3 Å². The fourth-order valence-electron chi connectivity index (χ4n) is 0.914. The van der Waals surface area contributed by atoms with E-state index >= 15 is 0 Å². The van der Waals surface area contributed by atoms with Gasteiger partial charge in [-0.05, 0) is 12.1 Å². The van der Waals surface area contributed by atoms with Gasteiger partial charge in [0, 0.05) is 6.20 Å². The molecule has 2 heterocycles. The Labute approximate surface area is 67.2 Å². The fourth-order valence-corrected chi connectivity index (χ4v) is 1.08. The van der Waals surface area contributed by atoms with Crippen LogP contribution < -0.4 is 0 Å². The molecule has 0 unspecified atom stereocenters. The zero-order valence-electron chi connectivity index (χ0n) is 5.46. The van der Waals surface area contributed by atoms with E-state index in [-0.39, 0.29) is 5.02 Å². The number of halogens is 2. The first-order chi connectivity index (χ1) is 5.27. The average molecular weight is 171 g/mol. The molecule has 2 aromatic heterocycles. The molecule has 0 aliphatic heterocycles. The Bertz CT molecular complexity index is 360. The van der Waals surface area contributed by atoms with E-state index in [1.807, 2.05) is 0 Å². The number of rotatable bonds is 0. The summed E-state index contributed by atoms with van der Waals surface area (Å²) in [7, 11) is 0. The minimum absolute atomic E-state index is 0.123. The zero-order chi connectivity index (χ0) is 7.84. The van der Waals surface area contributed by atoms with Gasteiger partial charge in [0.15, 0.2) is 5.82 Å². The molecule has 0 N–H and O–H groups in total. The van der Waals surface area contributed by atoms with Gasteiger partial charge in [-0.25, -0.2) is 8.91 Å². The Morgan fingerprint density at radius 2 is 2.36 bits per heavy atom. The van der Waals surface area contributed by atoms with E-state index < -0.39 is 5.82 Å². The Kier molecular flexibility index (Phi) is 1.32. The molecular formula is C7H4ClFN2. The second kappa shape index (κ2) is 2.20. The monoisotopic (exact) mass is 170 g/mol. The van der Waals surface area contributed by atoms with E-state index in [1.165, 1.54) is 16.8 Å². The summed E-state index contributed by atoms with van der Waals surface area (Å²) in [6, 6.07) is 3.29. The van der Waals surface area contributed by atoms with Crippen molar-refractivity contribution in [2.45, 2.75) is 0 Å². The lowest BCUT2D eigenvalue weighted by molar-refractivity contribution is 0.615. The molecule has 4 heteroatoms. The summed E-state index contributed by atoms with van der Waals surface area (Å²) in [4.78, 5) is 0. The van der Waals surface area contributed by atoms with Gasteiger partial charge in [-0.1, -0.05) is 11.6 Å². The highest BCUT2D eigenvalue weighted by Gasteiger charge is 2.01. The maximum absolute atomic E-state index is 12.7. The van der Waals surface area contributed by atoms with E-state index in [1.54, 1.807) is 12.3 Å². The molecule has 0 radical (unpaired) electrons. The van der Waals surface area contributed by atoms with Gasteiger partial charge >= 0.3 is 0 Å². The van der Waals surface area contributed by atoms with Gasteiger partial charge < -0.3 is 0 Å². The van der Waals surface area contributed by atoms with Crippen molar-refractivity contribution in [2.24, 2.45) is 0 Å². The van der Waals surface area contributed by atoms with E-state index in [9.17, 15) is 4.39 Å². The van der Waals surface area contributed by atoms with Crippen molar-refractivity contribution in [3.8, 4) is 0 Å². The third kappa shape index (κ3) is 0.973. The van der Waals surface area contributed by atoms with Gasteiger partial charge in [0.25, 0.3) is 0 Å². The summed E-state index contributed by atoms with van der Waals surface area (Å²) in [5.41, 5.74) is 0.788. The van der Waals surface area contributed by atoms with Gasteiger partial charge in [0.1, 0.15) is 0 Å². The molecule has 0 spiro atoms. The summed E-state index contributed by atoms with van der Waals surface area (Å²) < 4.78 is 14.2. The van der Waals surface area contributed by atoms with Crippen LogP contribution in [0.25, 0.3) is 5.52 Å². The molecule has 0 aromatic carbocycles. The van der Waals surface area contributed by atoms with Crippen LogP contribution in [0.15, 0.2) is 24.5 Å². The van der Waals surface area contributed by atoms with Gasteiger partial charge in [-0.15, -0.1) is 0 Å². The lowest BCUT2D eigenvalue weighted by Crippen LogP contribution is -1.88. The second-order valence-electron chi connectivity index (χ2n) is 2.17. The lowest BCUT2D eigenvalue weighted by Gasteiger charge is -1.94. The summed E-state index contributed by atoms with van der Waals surface area (Å²) in [6.45, 7) is 0. The van der Waals surface area contributed by atoms with Crippen LogP contribution in [-0.2, 0) is 0 Å². The molecule has 2 nitrogen and oxygen atoms in total. The van der Waals surface area contributed by atoms with Gasteiger partial charge in [-0.3, -0.25) is 0 Å². The molecule has 0 atom stereocenters. The lowest BCUT2D eigenvalue weighted by atomic mass is 10.4. The minimum atomic E-state index is -0.456. The Balaban J connectivity index is 2.86. The van der Waals surface area contributed by atoms with E-state index in [2.05, 4.69) is 5.10 Å². The maximum Gasteiger partial charge on any atom is 0.160 e. The van der Waals surface area contributed by atoms with Crippen molar-refractivity contribution < 1.29 is 4.39 Å². The molecule has 2 rings (SSSR count). The normalized spacial score (nSPS) is 10.7. The van der Waals surface area contributed by atoms with E-state index in [0.29, 0.717) is 0 Å². The number of pyridine rings is 1. The molecule has 0 aliphatic carbocycles. The molecule has 0 bridgehead atoms.